The maximum atomic E-state index is 13.3. The molecule has 0 radical (unpaired) electrons. The number of anilines is 1. The van der Waals surface area contributed by atoms with E-state index < -0.39 is 25.1 Å². The molecule has 0 spiro atoms. The average Bonchev–Trinajstić information content (AvgIpc) is 3.25. The van der Waals surface area contributed by atoms with Gasteiger partial charge in [0, 0.05) is 61.8 Å². The number of halogens is 3. The molecule has 10 heteroatoms. The highest BCUT2D eigenvalue weighted by Gasteiger charge is 2.18. The molecule has 3 aromatic rings. The summed E-state index contributed by atoms with van der Waals surface area (Å²) >= 11 is 6.09. The highest BCUT2D eigenvalue weighted by Crippen LogP contribution is 2.20. The van der Waals surface area contributed by atoms with Gasteiger partial charge in [0.15, 0.2) is 0 Å². The average molecular weight is 549 g/mol. The van der Waals surface area contributed by atoms with Crippen molar-refractivity contribution in [3.63, 3.8) is 0 Å². The lowest BCUT2D eigenvalue weighted by Crippen LogP contribution is -2.46. The number of hydrogen-bond acceptors (Lipinski definition) is 5. The number of nitrogens with zero attached hydrogens (tertiary/aromatic N) is 5. The molecule has 0 N–H and O–H groups in total. The molecule has 1 fully saturated rings. The molecule has 192 valence electrons. The summed E-state index contributed by atoms with van der Waals surface area (Å²) in [6.45, 7) is -2.79. The molecule has 1 aliphatic rings. The first kappa shape index (κ1) is 20.9. The van der Waals surface area contributed by atoms with Gasteiger partial charge in [-0.3, -0.25) is 9.47 Å². The number of aromatic nitrogens is 3. The van der Waals surface area contributed by atoms with Crippen molar-refractivity contribution in [2.45, 2.75) is 32.8 Å². The molecule has 1 aromatic heterocycles. The Balaban J connectivity index is 0.00000294. The molecule has 0 saturated carbocycles. The molecule has 2 aromatic carbocycles. The fourth-order valence-corrected chi connectivity index (χ4v) is 3.86. The normalized spacial score (nSPS) is 17.5. The van der Waals surface area contributed by atoms with Crippen molar-refractivity contribution in [2.24, 2.45) is 0 Å². The van der Waals surface area contributed by atoms with Crippen LogP contribution >= 0.6 is 36.4 Å². The van der Waals surface area contributed by atoms with Crippen molar-refractivity contribution in [3.05, 3.63) is 75.9 Å². The Morgan fingerprint density at radius 2 is 1.77 bits per heavy atom. The Morgan fingerprint density at radius 1 is 1.03 bits per heavy atom. The molecule has 0 atom stereocenters. The van der Waals surface area contributed by atoms with Gasteiger partial charge >= 0.3 is 5.69 Å². The van der Waals surface area contributed by atoms with E-state index in [0.29, 0.717) is 35.0 Å². The Kier molecular flexibility index (Phi) is 8.61. The van der Waals surface area contributed by atoms with Gasteiger partial charge in [-0.2, -0.15) is 5.10 Å². The second-order valence-corrected chi connectivity index (χ2v) is 8.02. The maximum absolute atomic E-state index is 13.3. The van der Waals surface area contributed by atoms with Gasteiger partial charge in [-0.25, -0.2) is 9.48 Å². The van der Waals surface area contributed by atoms with E-state index in [0.717, 1.165) is 5.69 Å². The van der Waals surface area contributed by atoms with Crippen LogP contribution in [0.5, 0.6) is 5.75 Å². The van der Waals surface area contributed by atoms with E-state index in [1.165, 1.54) is 9.47 Å². The molecular formula is C25H34Cl3N5O2. The molecule has 0 amide bonds. The van der Waals surface area contributed by atoms with E-state index in [4.69, 9.17) is 24.6 Å². The van der Waals surface area contributed by atoms with Crippen molar-refractivity contribution in [3.8, 4) is 5.75 Å². The Morgan fingerprint density at radius 3 is 2.46 bits per heavy atom. The first-order valence-electron chi connectivity index (χ1n) is 14.0. The summed E-state index contributed by atoms with van der Waals surface area (Å²) in [6, 6.07) is 16.3. The van der Waals surface area contributed by atoms with E-state index in [-0.39, 0.29) is 56.9 Å². The van der Waals surface area contributed by atoms with Crippen LogP contribution in [0.3, 0.4) is 0 Å². The summed E-state index contributed by atoms with van der Waals surface area (Å²) in [7, 11) is 0. The third-order valence-electron chi connectivity index (χ3n) is 5.41. The summed E-state index contributed by atoms with van der Waals surface area (Å²) < 4.78 is 59.3. The minimum atomic E-state index is -3.13. The smallest absolute Gasteiger partial charge is 0.346 e. The number of aryl methyl sites for hydroxylation is 2. The van der Waals surface area contributed by atoms with Gasteiger partial charge in [-0.15, -0.1) is 24.8 Å². The molecule has 0 unspecified atom stereocenters. The summed E-state index contributed by atoms with van der Waals surface area (Å²) in [6.07, 6.45) is -2.84. The van der Waals surface area contributed by atoms with Crippen LogP contribution in [0.4, 0.5) is 5.69 Å². The SMILES string of the molecule is Cl.Cl.[2H]C([2H])(N1CCN(c2cccc(Cl)c2)CC1)C([2H])([2H])C([2H])([2H])n1nc(CC)n(CCOc2ccccc2)c1=O. The highest BCUT2D eigenvalue weighted by atomic mass is 35.5. The molecule has 4 rings (SSSR count). The van der Waals surface area contributed by atoms with Crippen molar-refractivity contribution in [2.75, 3.05) is 44.2 Å². The van der Waals surface area contributed by atoms with Gasteiger partial charge in [0.2, 0.25) is 0 Å². The minimum Gasteiger partial charge on any atom is -0.492 e. The van der Waals surface area contributed by atoms with Crippen LogP contribution in [-0.4, -0.2) is 58.5 Å². The monoisotopic (exact) mass is 547 g/mol. The number of para-hydroxylation sites is 1. The molecule has 7 nitrogen and oxygen atoms in total. The second kappa shape index (κ2) is 14.4. The Hall–Kier alpha value is -2.19. The first-order valence-corrected chi connectivity index (χ1v) is 11.4. The lowest BCUT2D eigenvalue weighted by Gasteiger charge is -2.36. The zero-order valence-electron chi connectivity index (χ0n) is 25.4. The van der Waals surface area contributed by atoms with Gasteiger partial charge in [-0.1, -0.05) is 42.8 Å². The topological polar surface area (TPSA) is 55.5 Å². The van der Waals surface area contributed by atoms with E-state index in [1.54, 1.807) is 25.1 Å². The van der Waals surface area contributed by atoms with E-state index in [2.05, 4.69) is 5.10 Å². The van der Waals surface area contributed by atoms with Crippen LogP contribution in [0.25, 0.3) is 0 Å². The van der Waals surface area contributed by atoms with Gasteiger partial charge in [0.05, 0.1) is 9.29 Å². The zero-order chi connectivity index (χ0) is 28.4. The summed E-state index contributed by atoms with van der Waals surface area (Å²) in [5.74, 6) is 0.873. The molecule has 35 heavy (non-hydrogen) atoms. The fraction of sp³-hybridized carbons (Fsp3) is 0.440. The van der Waals surface area contributed by atoms with Crippen molar-refractivity contribution in [1.29, 1.82) is 0 Å². The maximum Gasteiger partial charge on any atom is 0.346 e. The number of ether oxygens (including phenoxy) is 1. The summed E-state index contributed by atoms with van der Waals surface area (Å²) in [5, 5.41) is 4.68. The Bertz CT molecular complexity index is 1330. The van der Waals surface area contributed by atoms with Crippen molar-refractivity contribution >= 4 is 42.1 Å². The minimum absolute atomic E-state index is 0. The predicted molar refractivity (Wildman–Crippen MR) is 147 cm³/mol. The van der Waals surface area contributed by atoms with Crippen molar-refractivity contribution in [1.82, 2.24) is 19.2 Å². The molecule has 2 heterocycles. The third-order valence-corrected chi connectivity index (χ3v) is 5.65. The number of rotatable bonds is 10. The third kappa shape index (κ3) is 7.90. The van der Waals surface area contributed by atoms with Crippen LogP contribution in [0.2, 0.25) is 5.02 Å². The first-order chi connectivity index (χ1) is 18.4. The number of benzene rings is 2. The predicted octanol–water partition coefficient (Wildman–Crippen LogP) is 4.40. The number of piperazine rings is 1. The second-order valence-electron chi connectivity index (χ2n) is 7.58. The van der Waals surface area contributed by atoms with Crippen LogP contribution in [0.1, 0.15) is 27.3 Å². The van der Waals surface area contributed by atoms with Crippen LogP contribution < -0.4 is 15.3 Å². The largest absolute Gasteiger partial charge is 0.492 e. The van der Waals surface area contributed by atoms with Gasteiger partial charge < -0.3 is 9.64 Å². The lowest BCUT2D eigenvalue weighted by molar-refractivity contribution is 0.248. The standard InChI is InChI=1S/C25H32ClN5O2.2ClH/c1-2-24-27-31(25(32)30(24)18-19-33-23-10-4-3-5-11-23)13-7-12-28-14-16-29(17-15-28)22-9-6-8-21(26)20-22;;/h3-6,8-11,20H,2,7,12-19H2,1H3;2*1H/i7D2,12D2,13D2;;. The molecule has 0 bridgehead atoms. The quantitative estimate of drug-likeness (QED) is 0.376. The molecule has 1 aliphatic heterocycles. The van der Waals surface area contributed by atoms with E-state index in [9.17, 15) is 4.79 Å². The molecule has 0 aliphatic carbocycles. The fourth-order valence-electron chi connectivity index (χ4n) is 3.67. The van der Waals surface area contributed by atoms with Crippen LogP contribution in [0, 0.1) is 0 Å². The molecular weight excluding hydrogens is 509 g/mol. The van der Waals surface area contributed by atoms with Gasteiger partial charge in [0.1, 0.15) is 18.2 Å². The van der Waals surface area contributed by atoms with Gasteiger partial charge in [-0.05, 0) is 36.7 Å². The zero-order valence-corrected chi connectivity index (χ0v) is 21.8. The summed E-state index contributed by atoms with van der Waals surface area (Å²) in [4.78, 5) is 16.6. The summed E-state index contributed by atoms with van der Waals surface area (Å²) in [5.41, 5.74) is 0.0143. The number of hydrogen-bond donors (Lipinski definition) is 0. The van der Waals surface area contributed by atoms with Crippen molar-refractivity contribution < 1.29 is 13.0 Å². The van der Waals surface area contributed by atoms with Crippen LogP contribution in [0.15, 0.2) is 59.4 Å². The lowest BCUT2D eigenvalue weighted by atomic mass is 10.2. The van der Waals surface area contributed by atoms with E-state index in [1.807, 2.05) is 41.3 Å². The Labute approximate surface area is 232 Å². The highest BCUT2D eigenvalue weighted by molar-refractivity contribution is 6.30. The van der Waals surface area contributed by atoms with Gasteiger partial charge in [0.25, 0.3) is 0 Å². The molecule has 1 saturated heterocycles. The van der Waals surface area contributed by atoms with E-state index >= 15 is 0 Å². The van der Waals surface area contributed by atoms with Crippen LogP contribution in [-0.2, 0) is 19.5 Å².